The average Bonchev–Trinajstić information content (AvgIpc) is 3.02. The fourth-order valence-corrected chi connectivity index (χ4v) is 5.21. The number of carbonyl (C=O) groups is 1. The van der Waals surface area contributed by atoms with Gasteiger partial charge in [-0.05, 0) is 42.5 Å². The molecule has 2 atom stereocenters. The molecule has 1 amide bonds. The molecular formula is C25H29NO5. The van der Waals surface area contributed by atoms with Gasteiger partial charge in [0.1, 0.15) is 6.61 Å². The van der Waals surface area contributed by atoms with Crippen LogP contribution >= 0.6 is 0 Å². The second-order valence-corrected chi connectivity index (χ2v) is 8.84. The Labute approximate surface area is 182 Å². The average molecular weight is 424 g/mol. The van der Waals surface area contributed by atoms with Gasteiger partial charge < -0.3 is 24.2 Å². The first-order valence-electron chi connectivity index (χ1n) is 11.2. The van der Waals surface area contributed by atoms with Crippen LogP contribution in [0.25, 0.3) is 0 Å². The molecule has 2 aromatic rings. The second-order valence-electron chi connectivity index (χ2n) is 8.84. The van der Waals surface area contributed by atoms with Gasteiger partial charge in [-0.15, -0.1) is 0 Å². The van der Waals surface area contributed by atoms with Gasteiger partial charge in [0.05, 0.1) is 18.8 Å². The largest absolute Gasteiger partial charge is 0.490 e. The van der Waals surface area contributed by atoms with Crippen molar-refractivity contribution in [2.75, 3.05) is 13.2 Å². The highest BCUT2D eigenvalue weighted by Crippen LogP contribution is 2.46. The van der Waals surface area contributed by atoms with Crippen LogP contribution in [-0.4, -0.2) is 41.4 Å². The molecule has 3 aliphatic rings. The van der Waals surface area contributed by atoms with Crippen molar-refractivity contribution in [1.82, 2.24) is 4.90 Å². The molecule has 5 rings (SSSR count). The molecular weight excluding hydrogens is 394 g/mol. The van der Waals surface area contributed by atoms with Gasteiger partial charge in [0.2, 0.25) is 0 Å². The number of fused-ring (bicyclic) bond motifs is 3. The van der Waals surface area contributed by atoms with E-state index in [9.17, 15) is 9.90 Å². The highest BCUT2D eigenvalue weighted by molar-refractivity contribution is 5.69. The number of aliphatic hydroxyl groups is 1. The first-order chi connectivity index (χ1) is 15.1. The van der Waals surface area contributed by atoms with Crippen LogP contribution in [0.5, 0.6) is 11.5 Å². The van der Waals surface area contributed by atoms with Crippen molar-refractivity contribution < 1.29 is 24.1 Å². The molecule has 1 N–H and O–H groups in total. The first kappa shape index (κ1) is 20.2. The lowest BCUT2D eigenvalue weighted by molar-refractivity contribution is -0.0897. The van der Waals surface area contributed by atoms with Gasteiger partial charge in [-0.1, -0.05) is 36.4 Å². The summed E-state index contributed by atoms with van der Waals surface area (Å²) in [6.45, 7) is 1.52. The number of benzene rings is 2. The molecule has 0 aromatic heterocycles. The number of amides is 1. The minimum Gasteiger partial charge on any atom is -0.490 e. The van der Waals surface area contributed by atoms with Crippen LogP contribution in [-0.2, 0) is 16.9 Å². The minimum atomic E-state index is -0.989. The zero-order valence-electron chi connectivity index (χ0n) is 17.7. The molecule has 2 unspecified atom stereocenters. The van der Waals surface area contributed by atoms with E-state index in [0.717, 1.165) is 42.6 Å². The summed E-state index contributed by atoms with van der Waals surface area (Å²) < 4.78 is 17.2. The Kier molecular flexibility index (Phi) is 5.48. The number of hydrogen-bond acceptors (Lipinski definition) is 5. The predicted octanol–water partition coefficient (Wildman–Crippen LogP) is 4.39. The molecule has 2 fully saturated rings. The molecule has 164 valence electrons. The van der Waals surface area contributed by atoms with Crippen LogP contribution in [0.1, 0.15) is 49.7 Å². The SMILES string of the molecule is O=C(OCc1ccccc1)N1C2CCCC1CC(O)(c1ccc3c(c1)OCCCO3)C2. The molecule has 6 nitrogen and oxygen atoms in total. The lowest BCUT2D eigenvalue weighted by Crippen LogP contribution is -2.58. The zero-order chi connectivity index (χ0) is 21.3. The van der Waals surface area contributed by atoms with Crippen molar-refractivity contribution in [2.24, 2.45) is 0 Å². The van der Waals surface area contributed by atoms with Crippen LogP contribution in [0.3, 0.4) is 0 Å². The normalized spacial score (nSPS) is 27.3. The Balaban J connectivity index is 1.32. The first-order valence-corrected chi connectivity index (χ1v) is 11.2. The van der Waals surface area contributed by atoms with E-state index in [2.05, 4.69) is 0 Å². The van der Waals surface area contributed by atoms with E-state index < -0.39 is 5.60 Å². The summed E-state index contributed by atoms with van der Waals surface area (Å²) in [7, 11) is 0. The van der Waals surface area contributed by atoms with Crippen molar-refractivity contribution in [3.8, 4) is 11.5 Å². The fraction of sp³-hybridized carbons (Fsp3) is 0.480. The van der Waals surface area contributed by atoms with Crippen molar-refractivity contribution in [1.29, 1.82) is 0 Å². The summed E-state index contributed by atoms with van der Waals surface area (Å²) in [5, 5.41) is 11.7. The van der Waals surface area contributed by atoms with Gasteiger partial charge >= 0.3 is 6.09 Å². The quantitative estimate of drug-likeness (QED) is 0.793. The van der Waals surface area contributed by atoms with E-state index >= 15 is 0 Å². The van der Waals surface area contributed by atoms with Crippen LogP contribution in [0.2, 0.25) is 0 Å². The summed E-state index contributed by atoms with van der Waals surface area (Å²) in [6.07, 6.45) is 4.40. The summed E-state index contributed by atoms with van der Waals surface area (Å²) in [5.41, 5.74) is 0.823. The third-order valence-corrected chi connectivity index (χ3v) is 6.71. The maximum atomic E-state index is 12.9. The lowest BCUT2D eigenvalue weighted by atomic mass is 9.72. The third kappa shape index (κ3) is 4.09. The Morgan fingerprint density at radius 1 is 1.00 bits per heavy atom. The highest BCUT2D eigenvalue weighted by Gasteiger charge is 2.48. The maximum absolute atomic E-state index is 12.9. The van der Waals surface area contributed by atoms with E-state index in [1.807, 2.05) is 53.4 Å². The van der Waals surface area contributed by atoms with Gasteiger partial charge in [0, 0.05) is 31.3 Å². The molecule has 3 aliphatic heterocycles. The molecule has 0 radical (unpaired) electrons. The number of hydrogen-bond donors (Lipinski definition) is 1. The number of ether oxygens (including phenoxy) is 3. The summed E-state index contributed by atoms with van der Waals surface area (Å²) >= 11 is 0. The molecule has 0 aliphatic carbocycles. The third-order valence-electron chi connectivity index (χ3n) is 6.71. The van der Waals surface area contributed by atoms with Crippen molar-refractivity contribution in [3.63, 3.8) is 0 Å². The molecule has 0 saturated carbocycles. The van der Waals surface area contributed by atoms with Gasteiger partial charge in [0.15, 0.2) is 11.5 Å². The van der Waals surface area contributed by atoms with E-state index in [4.69, 9.17) is 14.2 Å². The number of carbonyl (C=O) groups excluding carboxylic acids is 1. The van der Waals surface area contributed by atoms with Crippen molar-refractivity contribution >= 4 is 6.09 Å². The molecule has 2 saturated heterocycles. The maximum Gasteiger partial charge on any atom is 0.410 e. The van der Waals surface area contributed by atoms with E-state index in [0.29, 0.717) is 31.8 Å². The fourth-order valence-electron chi connectivity index (χ4n) is 5.21. The molecule has 2 bridgehead atoms. The standard InChI is InChI=1S/C25H29NO5/c27-24(31-17-18-6-2-1-3-7-18)26-20-8-4-9-21(26)16-25(28,15-20)19-10-11-22-23(14-19)30-13-5-12-29-22/h1-3,6-7,10-11,14,20-21,28H,4-5,8-9,12-13,15-17H2. The Morgan fingerprint density at radius 2 is 1.71 bits per heavy atom. The Morgan fingerprint density at radius 3 is 2.45 bits per heavy atom. The highest BCUT2D eigenvalue weighted by atomic mass is 16.6. The summed E-state index contributed by atoms with van der Waals surface area (Å²) in [6, 6.07) is 15.4. The van der Waals surface area contributed by atoms with Gasteiger partial charge in [-0.25, -0.2) is 4.79 Å². The van der Waals surface area contributed by atoms with Crippen LogP contribution < -0.4 is 9.47 Å². The summed E-state index contributed by atoms with van der Waals surface area (Å²) in [4.78, 5) is 14.8. The predicted molar refractivity (Wildman–Crippen MR) is 115 cm³/mol. The van der Waals surface area contributed by atoms with Gasteiger partial charge in [-0.3, -0.25) is 0 Å². The second kappa shape index (κ2) is 8.42. The Bertz CT molecular complexity index is 917. The number of piperidine rings is 2. The topological polar surface area (TPSA) is 68.2 Å². The van der Waals surface area contributed by atoms with E-state index in [-0.39, 0.29) is 24.8 Å². The van der Waals surface area contributed by atoms with Gasteiger partial charge in [0.25, 0.3) is 0 Å². The van der Waals surface area contributed by atoms with Crippen LogP contribution in [0.15, 0.2) is 48.5 Å². The smallest absolute Gasteiger partial charge is 0.410 e. The molecule has 6 heteroatoms. The monoisotopic (exact) mass is 423 g/mol. The minimum absolute atomic E-state index is 0.0308. The van der Waals surface area contributed by atoms with Crippen molar-refractivity contribution in [3.05, 3.63) is 59.7 Å². The van der Waals surface area contributed by atoms with Crippen LogP contribution in [0, 0.1) is 0 Å². The Hall–Kier alpha value is -2.73. The number of rotatable bonds is 3. The zero-order valence-corrected chi connectivity index (χ0v) is 17.7. The molecule has 3 heterocycles. The molecule has 2 aromatic carbocycles. The van der Waals surface area contributed by atoms with E-state index in [1.165, 1.54) is 0 Å². The van der Waals surface area contributed by atoms with Crippen LogP contribution in [0.4, 0.5) is 4.79 Å². The van der Waals surface area contributed by atoms with Crippen molar-refractivity contribution in [2.45, 2.75) is 62.8 Å². The molecule has 0 spiro atoms. The number of nitrogens with zero attached hydrogens (tertiary/aromatic N) is 1. The van der Waals surface area contributed by atoms with Gasteiger partial charge in [-0.2, -0.15) is 0 Å². The van der Waals surface area contributed by atoms with E-state index in [1.54, 1.807) is 0 Å². The summed E-state index contributed by atoms with van der Waals surface area (Å²) in [5.74, 6) is 1.42. The molecule has 31 heavy (non-hydrogen) atoms. The lowest BCUT2D eigenvalue weighted by Gasteiger charge is -2.51.